The van der Waals surface area contributed by atoms with Crippen LogP contribution in [0.2, 0.25) is 0 Å². The maximum atomic E-state index is 5.26. The molecule has 2 rings (SSSR count). The van der Waals surface area contributed by atoms with Gasteiger partial charge in [-0.15, -0.1) is 30.4 Å². The summed E-state index contributed by atoms with van der Waals surface area (Å²) in [4.78, 5) is 4.54. The summed E-state index contributed by atoms with van der Waals surface area (Å²) in [6, 6.07) is 12.4. The summed E-state index contributed by atoms with van der Waals surface area (Å²) in [7, 11) is 1.68. The van der Waals surface area contributed by atoms with Gasteiger partial charge in [0, 0.05) is 6.54 Å². The smallest absolute Gasteiger partial charge is 0.192 e. The van der Waals surface area contributed by atoms with Crippen LogP contribution in [0.1, 0.15) is 12.5 Å². The Kier molecular flexibility index (Phi) is 8.27. The molecular weight excluding hydrogens is 401 g/mol. The summed E-state index contributed by atoms with van der Waals surface area (Å²) < 4.78 is 5.24. The zero-order chi connectivity index (χ0) is 15.8. The third kappa shape index (κ3) is 5.64. The number of rotatable bonds is 5. The number of hydrogen-bond donors (Lipinski definition) is 2. The molecule has 2 N–H and O–H groups in total. The van der Waals surface area contributed by atoms with Crippen molar-refractivity contribution in [1.29, 1.82) is 0 Å². The molecule has 2 aromatic rings. The number of aliphatic imine (C=N–C) groups is 1. The van der Waals surface area contributed by atoms with Crippen LogP contribution in [0.5, 0.6) is 5.75 Å². The van der Waals surface area contributed by atoms with Crippen LogP contribution in [0.3, 0.4) is 0 Å². The molecule has 0 spiro atoms. The number of hydrogen-bond acceptors (Lipinski definition) is 2. The first kappa shape index (κ1) is 19.1. The molecule has 0 amide bonds. The molecule has 0 unspecified atom stereocenters. The first-order valence-electron chi connectivity index (χ1n) is 7.29. The fraction of sp³-hybridized carbons (Fsp3) is 0.278. The Labute approximate surface area is 154 Å². The van der Waals surface area contributed by atoms with Gasteiger partial charge in [-0.1, -0.05) is 24.1 Å². The molecule has 5 heteroatoms. The molecule has 2 aromatic carbocycles. The van der Waals surface area contributed by atoms with Crippen molar-refractivity contribution in [3.8, 4) is 18.1 Å². The standard InChI is InChI=1S/C18H21N3O.HI/c1-4-10-20-18(19-5-2)21-13-14-6-7-16-12-17(22-3)9-8-15(16)11-14;/h1,6-9,11-12H,5,10,13H2,2-3H3,(H2,19,20,21);1H. The highest BCUT2D eigenvalue weighted by Gasteiger charge is 2.00. The summed E-state index contributed by atoms with van der Waals surface area (Å²) >= 11 is 0. The van der Waals surface area contributed by atoms with Crippen molar-refractivity contribution in [1.82, 2.24) is 10.6 Å². The van der Waals surface area contributed by atoms with Crippen LogP contribution in [-0.4, -0.2) is 26.2 Å². The van der Waals surface area contributed by atoms with E-state index < -0.39 is 0 Å². The van der Waals surface area contributed by atoms with Gasteiger partial charge in [0.1, 0.15) is 5.75 Å². The van der Waals surface area contributed by atoms with Gasteiger partial charge in [0.25, 0.3) is 0 Å². The first-order chi connectivity index (χ1) is 10.8. The molecule has 0 fully saturated rings. The Morgan fingerprint density at radius 2 is 1.91 bits per heavy atom. The number of terminal acetylenes is 1. The van der Waals surface area contributed by atoms with Crippen LogP contribution in [-0.2, 0) is 6.54 Å². The van der Waals surface area contributed by atoms with Gasteiger partial charge in [0.15, 0.2) is 5.96 Å². The predicted molar refractivity (Wildman–Crippen MR) is 108 cm³/mol. The van der Waals surface area contributed by atoms with Gasteiger partial charge >= 0.3 is 0 Å². The third-order valence-corrected chi connectivity index (χ3v) is 3.23. The van der Waals surface area contributed by atoms with Crippen LogP contribution in [0.25, 0.3) is 10.8 Å². The number of fused-ring (bicyclic) bond motifs is 1. The maximum Gasteiger partial charge on any atom is 0.192 e. The predicted octanol–water partition coefficient (Wildman–Crippen LogP) is 3.15. The molecule has 122 valence electrons. The van der Waals surface area contributed by atoms with Crippen LogP contribution in [0.15, 0.2) is 41.4 Å². The van der Waals surface area contributed by atoms with Crippen molar-refractivity contribution in [2.75, 3.05) is 20.2 Å². The second kappa shape index (κ2) is 9.95. The van der Waals surface area contributed by atoms with E-state index in [2.05, 4.69) is 45.8 Å². The fourth-order valence-electron chi connectivity index (χ4n) is 2.15. The van der Waals surface area contributed by atoms with E-state index in [0.29, 0.717) is 13.1 Å². The molecule has 4 nitrogen and oxygen atoms in total. The van der Waals surface area contributed by atoms with Crippen LogP contribution in [0.4, 0.5) is 0 Å². The van der Waals surface area contributed by atoms with Crippen LogP contribution in [0, 0.1) is 12.3 Å². The van der Waals surface area contributed by atoms with Gasteiger partial charge in [0.2, 0.25) is 0 Å². The Hall–Kier alpha value is -1.94. The van der Waals surface area contributed by atoms with Gasteiger partial charge in [-0.25, -0.2) is 4.99 Å². The molecular formula is C18H22IN3O. The van der Waals surface area contributed by atoms with E-state index >= 15 is 0 Å². The number of nitrogens with zero attached hydrogens (tertiary/aromatic N) is 1. The summed E-state index contributed by atoms with van der Waals surface area (Å²) in [5.41, 5.74) is 1.15. The van der Waals surface area contributed by atoms with Gasteiger partial charge < -0.3 is 15.4 Å². The SMILES string of the molecule is C#CCNC(=NCc1ccc2cc(OC)ccc2c1)NCC.I. The van der Waals surface area contributed by atoms with Crippen LogP contribution < -0.4 is 15.4 Å². The minimum atomic E-state index is 0. The average Bonchev–Trinajstić information content (AvgIpc) is 2.56. The fourth-order valence-corrected chi connectivity index (χ4v) is 2.15. The van der Waals surface area contributed by atoms with Crippen molar-refractivity contribution >= 4 is 40.7 Å². The molecule has 0 aliphatic rings. The summed E-state index contributed by atoms with van der Waals surface area (Å²) in [5.74, 6) is 4.14. The van der Waals surface area contributed by atoms with Gasteiger partial charge in [-0.05, 0) is 41.5 Å². The summed E-state index contributed by atoms with van der Waals surface area (Å²) in [5, 5.41) is 8.58. The van der Waals surface area contributed by atoms with Crippen molar-refractivity contribution in [2.24, 2.45) is 4.99 Å². The monoisotopic (exact) mass is 423 g/mol. The molecule has 0 radical (unpaired) electrons. The Bertz CT molecular complexity index is 707. The minimum absolute atomic E-state index is 0. The average molecular weight is 423 g/mol. The number of halogens is 1. The molecule has 0 bridgehead atoms. The van der Waals surface area contributed by atoms with E-state index in [4.69, 9.17) is 11.2 Å². The zero-order valence-electron chi connectivity index (χ0n) is 13.4. The number of benzene rings is 2. The lowest BCUT2D eigenvalue weighted by molar-refractivity contribution is 0.415. The lowest BCUT2D eigenvalue weighted by atomic mass is 10.1. The zero-order valence-corrected chi connectivity index (χ0v) is 15.8. The normalized spacial score (nSPS) is 10.6. The largest absolute Gasteiger partial charge is 0.497 e. The minimum Gasteiger partial charge on any atom is -0.497 e. The highest BCUT2D eigenvalue weighted by molar-refractivity contribution is 14.0. The number of guanidine groups is 1. The van der Waals surface area contributed by atoms with E-state index in [0.717, 1.165) is 29.2 Å². The summed E-state index contributed by atoms with van der Waals surface area (Å²) in [6.07, 6.45) is 5.26. The van der Waals surface area contributed by atoms with E-state index in [1.807, 2.05) is 19.1 Å². The van der Waals surface area contributed by atoms with E-state index in [-0.39, 0.29) is 24.0 Å². The molecule has 0 saturated heterocycles. The molecule has 0 aliphatic heterocycles. The highest BCUT2D eigenvalue weighted by Crippen LogP contribution is 2.22. The Balaban J connectivity index is 0.00000264. The second-order valence-corrected chi connectivity index (χ2v) is 4.80. The molecule has 23 heavy (non-hydrogen) atoms. The number of ether oxygens (including phenoxy) is 1. The summed E-state index contributed by atoms with van der Waals surface area (Å²) in [6.45, 7) is 3.88. The lowest BCUT2D eigenvalue weighted by Gasteiger charge is -2.09. The van der Waals surface area contributed by atoms with E-state index in [1.54, 1.807) is 7.11 Å². The van der Waals surface area contributed by atoms with Crippen molar-refractivity contribution < 1.29 is 4.74 Å². The second-order valence-electron chi connectivity index (χ2n) is 4.80. The van der Waals surface area contributed by atoms with Gasteiger partial charge in [-0.2, -0.15) is 0 Å². The van der Waals surface area contributed by atoms with E-state index in [1.165, 1.54) is 5.39 Å². The lowest BCUT2D eigenvalue weighted by Crippen LogP contribution is -2.37. The number of methoxy groups -OCH3 is 1. The third-order valence-electron chi connectivity index (χ3n) is 3.23. The van der Waals surface area contributed by atoms with Crippen molar-refractivity contribution in [2.45, 2.75) is 13.5 Å². The van der Waals surface area contributed by atoms with Crippen molar-refractivity contribution in [3.05, 3.63) is 42.0 Å². The quantitative estimate of drug-likeness (QED) is 0.336. The first-order valence-corrected chi connectivity index (χ1v) is 7.29. The number of nitrogens with one attached hydrogen (secondary N) is 2. The Morgan fingerprint density at radius 1 is 1.17 bits per heavy atom. The topological polar surface area (TPSA) is 45.7 Å². The molecule has 0 aliphatic carbocycles. The molecule has 0 saturated carbocycles. The maximum absolute atomic E-state index is 5.26. The Morgan fingerprint density at radius 3 is 2.61 bits per heavy atom. The molecule has 0 aromatic heterocycles. The van der Waals surface area contributed by atoms with Gasteiger partial charge in [-0.3, -0.25) is 0 Å². The molecule has 0 atom stereocenters. The van der Waals surface area contributed by atoms with Gasteiger partial charge in [0.05, 0.1) is 20.2 Å². The van der Waals surface area contributed by atoms with E-state index in [9.17, 15) is 0 Å². The van der Waals surface area contributed by atoms with Crippen LogP contribution >= 0.6 is 24.0 Å². The molecule has 0 heterocycles. The van der Waals surface area contributed by atoms with Crippen molar-refractivity contribution in [3.63, 3.8) is 0 Å². The highest BCUT2D eigenvalue weighted by atomic mass is 127.